The van der Waals surface area contributed by atoms with Crippen molar-refractivity contribution in [3.63, 3.8) is 0 Å². The van der Waals surface area contributed by atoms with E-state index in [2.05, 4.69) is 63.7 Å². The monoisotopic (exact) mass is 502 g/mol. The van der Waals surface area contributed by atoms with E-state index in [1.165, 1.54) is 0 Å². The van der Waals surface area contributed by atoms with E-state index in [9.17, 15) is 4.79 Å². The Morgan fingerprint density at radius 2 is 1.52 bits per heavy atom. The van der Waals surface area contributed by atoms with Crippen molar-refractivity contribution < 1.29 is 9.53 Å². The summed E-state index contributed by atoms with van der Waals surface area (Å²) >= 11 is 3.76. The SMILES string of the molecule is CC(C)(C)OC(=O)C1N=C(c2ccccc2)C2C(c3ccccc3Br)Nc3ccccc3C12. The average molecular weight is 503 g/mol. The lowest BCUT2D eigenvalue weighted by Gasteiger charge is -2.39. The van der Waals surface area contributed by atoms with Crippen LogP contribution in [0.15, 0.2) is 88.3 Å². The number of hydrogen-bond acceptors (Lipinski definition) is 4. The predicted molar refractivity (Wildman–Crippen MR) is 136 cm³/mol. The molecule has 4 unspecified atom stereocenters. The van der Waals surface area contributed by atoms with Gasteiger partial charge in [-0.1, -0.05) is 82.7 Å². The zero-order chi connectivity index (χ0) is 23.2. The lowest BCUT2D eigenvalue weighted by atomic mass is 9.71. The highest BCUT2D eigenvalue weighted by molar-refractivity contribution is 9.10. The number of halogens is 1. The molecule has 0 saturated heterocycles. The molecule has 1 N–H and O–H groups in total. The van der Waals surface area contributed by atoms with Crippen LogP contribution in [0.4, 0.5) is 5.69 Å². The summed E-state index contributed by atoms with van der Waals surface area (Å²) in [5, 5.41) is 3.77. The van der Waals surface area contributed by atoms with Crippen molar-refractivity contribution in [1.82, 2.24) is 0 Å². The second-order valence-electron chi connectivity index (χ2n) is 9.64. The Bertz CT molecular complexity index is 1220. The summed E-state index contributed by atoms with van der Waals surface area (Å²) in [7, 11) is 0. The molecule has 3 aromatic carbocycles. The Balaban J connectivity index is 1.70. The van der Waals surface area contributed by atoms with E-state index >= 15 is 0 Å². The van der Waals surface area contributed by atoms with Gasteiger partial charge in [-0.15, -0.1) is 0 Å². The smallest absolute Gasteiger partial charge is 0.332 e. The maximum absolute atomic E-state index is 13.5. The zero-order valence-electron chi connectivity index (χ0n) is 19.0. The van der Waals surface area contributed by atoms with E-state index in [1.807, 2.05) is 57.2 Å². The summed E-state index contributed by atoms with van der Waals surface area (Å²) in [6, 6.07) is 26.1. The molecular formula is C28H27BrN2O2. The van der Waals surface area contributed by atoms with Gasteiger partial charge in [-0.2, -0.15) is 0 Å². The van der Waals surface area contributed by atoms with Gasteiger partial charge in [0.25, 0.3) is 0 Å². The van der Waals surface area contributed by atoms with Gasteiger partial charge in [0.15, 0.2) is 6.04 Å². The van der Waals surface area contributed by atoms with Crippen molar-refractivity contribution in [3.8, 4) is 0 Å². The third-order valence-corrected chi connectivity index (χ3v) is 6.99. The normalized spacial score (nSPS) is 23.7. The number of hydrogen-bond donors (Lipinski definition) is 1. The first-order valence-corrected chi connectivity index (χ1v) is 12.1. The number of carbonyl (C=O) groups excluding carboxylic acids is 1. The Morgan fingerprint density at radius 1 is 0.879 bits per heavy atom. The van der Waals surface area contributed by atoms with Crippen LogP contribution in [0.1, 0.15) is 49.4 Å². The first-order valence-electron chi connectivity index (χ1n) is 11.3. The second kappa shape index (κ2) is 8.45. The third-order valence-electron chi connectivity index (χ3n) is 6.27. The number of rotatable bonds is 3. The molecule has 0 aliphatic carbocycles. The first-order chi connectivity index (χ1) is 15.8. The minimum Gasteiger partial charge on any atom is -0.458 e. The maximum Gasteiger partial charge on any atom is 0.332 e. The minimum atomic E-state index is -0.599. The fourth-order valence-electron chi connectivity index (χ4n) is 5.02. The van der Waals surface area contributed by atoms with E-state index in [0.29, 0.717) is 0 Å². The van der Waals surface area contributed by atoms with E-state index < -0.39 is 11.6 Å². The van der Waals surface area contributed by atoms with E-state index in [1.54, 1.807) is 0 Å². The molecule has 0 aromatic heterocycles. The molecule has 0 radical (unpaired) electrons. The summed E-state index contributed by atoms with van der Waals surface area (Å²) in [4.78, 5) is 18.5. The topological polar surface area (TPSA) is 50.7 Å². The maximum atomic E-state index is 13.5. The highest BCUT2D eigenvalue weighted by Gasteiger charge is 2.52. The van der Waals surface area contributed by atoms with Crippen molar-refractivity contribution in [1.29, 1.82) is 0 Å². The van der Waals surface area contributed by atoms with E-state index in [4.69, 9.17) is 9.73 Å². The van der Waals surface area contributed by atoms with Gasteiger partial charge in [0.05, 0.1) is 6.04 Å². The Hall–Kier alpha value is -2.92. The molecule has 33 heavy (non-hydrogen) atoms. The fraction of sp³-hybridized carbons (Fsp3) is 0.286. The fourth-order valence-corrected chi connectivity index (χ4v) is 5.56. The number of benzene rings is 3. The van der Waals surface area contributed by atoms with Crippen LogP contribution in [0.5, 0.6) is 0 Å². The second-order valence-corrected chi connectivity index (χ2v) is 10.5. The van der Waals surface area contributed by atoms with Crippen molar-refractivity contribution in [2.75, 3.05) is 5.32 Å². The summed E-state index contributed by atoms with van der Waals surface area (Å²) in [5.74, 6) is -0.422. The van der Waals surface area contributed by atoms with Crippen LogP contribution < -0.4 is 5.32 Å². The van der Waals surface area contributed by atoms with Crippen molar-refractivity contribution in [2.45, 2.75) is 44.4 Å². The molecule has 0 amide bonds. The molecule has 0 bridgehead atoms. The molecule has 4 nitrogen and oxygen atoms in total. The Morgan fingerprint density at radius 3 is 2.21 bits per heavy atom. The van der Waals surface area contributed by atoms with Crippen LogP contribution in [0.2, 0.25) is 0 Å². The van der Waals surface area contributed by atoms with Crippen LogP contribution in [0.25, 0.3) is 0 Å². The van der Waals surface area contributed by atoms with E-state index in [-0.39, 0.29) is 23.8 Å². The van der Waals surface area contributed by atoms with Crippen LogP contribution in [-0.2, 0) is 9.53 Å². The van der Waals surface area contributed by atoms with E-state index in [0.717, 1.165) is 32.6 Å². The lowest BCUT2D eigenvalue weighted by molar-refractivity contribution is -0.156. The quantitative estimate of drug-likeness (QED) is 0.414. The molecule has 5 rings (SSSR count). The van der Waals surface area contributed by atoms with Gasteiger partial charge in [0, 0.05) is 27.7 Å². The van der Waals surface area contributed by atoms with Gasteiger partial charge in [-0.3, -0.25) is 4.99 Å². The molecule has 5 heteroatoms. The lowest BCUT2D eigenvalue weighted by Crippen LogP contribution is -2.40. The highest BCUT2D eigenvalue weighted by atomic mass is 79.9. The van der Waals surface area contributed by atoms with Gasteiger partial charge in [0.1, 0.15) is 5.60 Å². The van der Waals surface area contributed by atoms with Crippen LogP contribution in [0.3, 0.4) is 0 Å². The summed E-state index contributed by atoms with van der Waals surface area (Å²) in [6.45, 7) is 5.71. The van der Waals surface area contributed by atoms with Crippen LogP contribution >= 0.6 is 15.9 Å². The molecular weight excluding hydrogens is 476 g/mol. The molecule has 3 aromatic rings. The Kier molecular flexibility index (Phi) is 5.61. The average Bonchev–Trinajstić information content (AvgIpc) is 3.20. The molecule has 2 aliphatic heterocycles. The van der Waals surface area contributed by atoms with Crippen molar-refractivity contribution in [3.05, 3.63) is 100 Å². The van der Waals surface area contributed by atoms with Gasteiger partial charge in [-0.05, 0) is 49.6 Å². The number of nitrogens with zero attached hydrogens (tertiary/aromatic N) is 1. The third kappa shape index (κ3) is 4.10. The molecule has 0 fully saturated rings. The number of carbonyl (C=O) groups is 1. The largest absolute Gasteiger partial charge is 0.458 e. The predicted octanol–water partition coefficient (Wildman–Crippen LogP) is 6.53. The molecule has 0 saturated carbocycles. The zero-order valence-corrected chi connectivity index (χ0v) is 20.5. The minimum absolute atomic E-state index is 0.0291. The molecule has 2 heterocycles. The van der Waals surface area contributed by atoms with Crippen LogP contribution in [0, 0.1) is 5.92 Å². The standard InChI is InChI=1S/C28H27BrN2O2/c1-28(2,3)33-27(32)26-22-19-14-8-10-16-21(19)30-25(18-13-7-9-15-20(18)29)23(22)24(31-26)17-11-5-4-6-12-17/h4-16,22-23,25-26,30H,1-3H3. The number of esters is 1. The molecule has 0 spiro atoms. The molecule has 2 aliphatic rings. The number of aliphatic imine (C=N–C) groups is 1. The van der Waals surface area contributed by atoms with Gasteiger partial charge in [0.2, 0.25) is 0 Å². The van der Waals surface area contributed by atoms with Gasteiger partial charge >= 0.3 is 5.97 Å². The Labute approximate surface area is 203 Å². The number of para-hydroxylation sites is 1. The number of ether oxygens (including phenoxy) is 1. The highest BCUT2D eigenvalue weighted by Crippen LogP contribution is 2.52. The molecule has 4 atom stereocenters. The van der Waals surface area contributed by atoms with Crippen LogP contribution in [-0.4, -0.2) is 23.3 Å². The first kappa shape index (κ1) is 21.9. The summed E-state index contributed by atoms with van der Waals surface area (Å²) in [5.41, 5.74) is 4.70. The van der Waals surface area contributed by atoms with Crippen molar-refractivity contribution >= 4 is 33.3 Å². The number of nitrogens with one attached hydrogen (secondary N) is 1. The number of fused-ring (bicyclic) bond motifs is 3. The number of anilines is 1. The van der Waals surface area contributed by atoms with Crippen molar-refractivity contribution in [2.24, 2.45) is 10.9 Å². The van der Waals surface area contributed by atoms with Gasteiger partial charge < -0.3 is 10.1 Å². The molecule has 168 valence electrons. The summed E-state index contributed by atoms with van der Waals surface area (Å²) in [6.07, 6.45) is 0. The van der Waals surface area contributed by atoms with Gasteiger partial charge in [-0.25, -0.2) is 4.79 Å². The summed E-state index contributed by atoms with van der Waals surface area (Å²) < 4.78 is 6.89.